The Morgan fingerprint density at radius 3 is 2.26 bits per heavy atom. The van der Waals surface area contributed by atoms with E-state index in [2.05, 4.69) is 36.3 Å². The van der Waals surface area contributed by atoms with Gasteiger partial charge in [-0.3, -0.25) is 0 Å². The highest BCUT2D eigenvalue weighted by Crippen LogP contribution is 2.19. The minimum Gasteiger partial charge on any atom is -0.369 e. The Morgan fingerprint density at radius 2 is 1.68 bits per heavy atom. The highest BCUT2D eigenvalue weighted by molar-refractivity contribution is 5.59. The average Bonchev–Trinajstić information content (AvgIpc) is 2.39. The van der Waals surface area contributed by atoms with E-state index in [4.69, 9.17) is 0 Å². The molecule has 0 spiro atoms. The lowest BCUT2D eigenvalue weighted by Gasteiger charge is -2.18. The van der Waals surface area contributed by atoms with E-state index in [-0.39, 0.29) is 0 Å². The topological polar surface area (TPSA) is 37.8 Å². The molecule has 1 aromatic carbocycles. The minimum absolute atomic E-state index is 0.338. The summed E-state index contributed by atoms with van der Waals surface area (Å²) in [5.41, 5.74) is 2.34. The van der Waals surface area contributed by atoms with E-state index in [1.807, 2.05) is 42.5 Å². The van der Waals surface area contributed by atoms with Crippen molar-refractivity contribution in [3.05, 3.63) is 42.5 Å². The first-order chi connectivity index (χ1) is 9.04. The van der Waals surface area contributed by atoms with Crippen LogP contribution in [0.2, 0.25) is 0 Å². The van der Waals surface area contributed by atoms with Crippen molar-refractivity contribution in [2.45, 2.75) is 27.2 Å². The number of rotatable bonds is 4. The van der Waals surface area contributed by atoms with Gasteiger partial charge >= 0.3 is 0 Å². The second kappa shape index (κ2) is 5.83. The van der Waals surface area contributed by atoms with Gasteiger partial charge < -0.3 is 5.32 Å². The maximum Gasteiger partial charge on any atom is 0.148 e. The molecule has 2 aromatic rings. The maximum atomic E-state index is 4.25. The van der Waals surface area contributed by atoms with E-state index >= 15 is 0 Å². The van der Waals surface area contributed by atoms with Crippen molar-refractivity contribution in [2.75, 3.05) is 11.9 Å². The molecule has 0 saturated carbocycles. The first kappa shape index (κ1) is 13.5. The molecule has 1 heterocycles. The second-order valence-corrected chi connectivity index (χ2v) is 5.91. The van der Waals surface area contributed by atoms with Crippen LogP contribution in [-0.2, 0) is 0 Å². The Balaban J connectivity index is 1.96. The van der Waals surface area contributed by atoms with Crippen LogP contribution < -0.4 is 5.32 Å². The number of anilines is 1. The van der Waals surface area contributed by atoms with Gasteiger partial charge in [-0.15, -0.1) is 10.2 Å². The summed E-state index contributed by atoms with van der Waals surface area (Å²) in [5, 5.41) is 11.8. The highest BCUT2D eigenvalue weighted by atomic mass is 15.2. The van der Waals surface area contributed by atoms with Gasteiger partial charge in [0.25, 0.3) is 0 Å². The molecule has 3 nitrogen and oxygen atoms in total. The van der Waals surface area contributed by atoms with Gasteiger partial charge in [0, 0.05) is 12.1 Å². The van der Waals surface area contributed by atoms with Crippen molar-refractivity contribution in [1.29, 1.82) is 0 Å². The molecule has 0 aliphatic carbocycles. The number of hydrogen-bond donors (Lipinski definition) is 1. The van der Waals surface area contributed by atoms with Crippen LogP contribution in [0.15, 0.2) is 42.5 Å². The predicted molar refractivity (Wildman–Crippen MR) is 80.0 cm³/mol. The summed E-state index contributed by atoms with van der Waals surface area (Å²) in [5.74, 6) is 0.837. The molecular formula is C16H21N3. The summed E-state index contributed by atoms with van der Waals surface area (Å²) < 4.78 is 0. The van der Waals surface area contributed by atoms with Crippen molar-refractivity contribution in [3.8, 4) is 11.3 Å². The van der Waals surface area contributed by atoms with Crippen LogP contribution in [0.5, 0.6) is 0 Å². The molecule has 0 saturated heterocycles. The Bertz CT molecular complexity index is 498. The van der Waals surface area contributed by atoms with Crippen LogP contribution in [0, 0.1) is 5.41 Å². The van der Waals surface area contributed by atoms with Crippen molar-refractivity contribution in [3.63, 3.8) is 0 Å². The quantitative estimate of drug-likeness (QED) is 0.897. The Labute approximate surface area is 115 Å². The van der Waals surface area contributed by atoms with E-state index in [1.165, 1.54) is 0 Å². The molecule has 2 rings (SSSR count). The fourth-order valence-electron chi connectivity index (χ4n) is 1.75. The lowest BCUT2D eigenvalue weighted by atomic mass is 9.92. The summed E-state index contributed by atoms with van der Waals surface area (Å²) in [6.45, 7) is 7.62. The van der Waals surface area contributed by atoms with E-state index < -0.39 is 0 Å². The standard InChI is InChI=1S/C16H21N3/c1-16(2,3)11-12-17-15-10-9-14(18-19-15)13-7-5-4-6-8-13/h4-10H,11-12H2,1-3H3,(H,17,19). The Hall–Kier alpha value is -1.90. The number of benzene rings is 1. The third-order valence-electron chi connectivity index (χ3n) is 2.92. The first-order valence-electron chi connectivity index (χ1n) is 6.68. The van der Waals surface area contributed by atoms with Crippen molar-refractivity contribution < 1.29 is 0 Å². The number of nitrogens with one attached hydrogen (secondary N) is 1. The van der Waals surface area contributed by atoms with Crippen LogP contribution in [0.4, 0.5) is 5.82 Å². The van der Waals surface area contributed by atoms with Gasteiger partial charge in [-0.05, 0) is 24.0 Å². The average molecular weight is 255 g/mol. The minimum atomic E-state index is 0.338. The monoisotopic (exact) mass is 255 g/mol. The summed E-state index contributed by atoms with van der Waals surface area (Å²) in [7, 11) is 0. The second-order valence-electron chi connectivity index (χ2n) is 5.91. The molecule has 0 radical (unpaired) electrons. The molecule has 0 unspecified atom stereocenters. The SMILES string of the molecule is CC(C)(C)CCNc1ccc(-c2ccccc2)nn1. The fraction of sp³-hybridized carbons (Fsp3) is 0.375. The number of aromatic nitrogens is 2. The summed E-state index contributed by atoms with van der Waals surface area (Å²) in [6, 6.07) is 14.1. The molecular weight excluding hydrogens is 234 g/mol. The van der Waals surface area contributed by atoms with E-state index in [0.29, 0.717) is 5.41 Å². The molecule has 3 heteroatoms. The summed E-state index contributed by atoms with van der Waals surface area (Å²) in [6.07, 6.45) is 1.11. The van der Waals surface area contributed by atoms with Crippen LogP contribution in [0.1, 0.15) is 27.2 Å². The highest BCUT2D eigenvalue weighted by Gasteiger charge is 2.09. The molecule has 0 fully saturated rings. The fourth-order valence-corrected chi connectivity index (χ4v) is 1.75. The molecule has 0 amide bonds. The molecule has 1 aromatic heterocycles. The van der Waals surface area contributed by atoms with Gasteiger partial charge in [-0.25, -0.2) is 0 Å². The van der Waals surface area contributed by atoms with Crippen molar-refractivity contribution in [1.82, 2.24) is 10.2 Å². The van der Waals surface area contributed by atoms with Crippen LogP contribution in [-0.4, -0.2) is 16.7 Å². The van der Waals surface area contributed by atoms with Crippen LogP contribution in [0.25, 0.3) is 11.3 Å². The molecule has 1 N–H and O–H groups in total. The summed E-state index contributed by atoms with van der Waals surface area (Å²) in [4.78, 5) is 0. The molecule has 19 heavy (non-hydrogen) atoms. The number of hydrogen-bond acceptors (Lipinski definition) is 3. The molecule has 0 aliphatic rings. The largest absolute Gasteiger partial charge is 0.369 e. The third kappa shape index (κ3) is 4.36. The third-order valence-corrected chi connectivity index (χ3v) is 2.92. The summed E-state index contributed by atoms with van der Waals surface area (Å²) >= 11 is 0. The first-order valence-corrected chi connectivity index (χ1v) is 6.68. The zero-order chi connectivity index (χ0) is 13.7. The van der Waals surface area contributed by atoms with Crippen LogP contribution in [0.3, 0.4) is 0 Å². The van der Waals surface area contributed by atoms with Gasteiger partial charge in [0.05, 0.1) is 5.69 Å². The normalized spacial score (nSPS) is 11.3. The Morgan fingerprint density at radius 1 is 0.947 bits per heavy atom. The van der Waals surface area contributed by atoms with Crippen LogP contribution >= 0.6 is 0 Å². The van der Waals surface area contributed by atoms with Gasteiger partial charge in [-0.2, -0.15) is 0 Å². The number of nitrogens with zero attached hydrogens (tertiary/aromatic N) is 2. The van der Waals surface area contributed by atoms with Gasteiger partial charge in [0.1, 0.15) is 5.82 Å². The lowest BCUT2D eigenvalue weighted by Crippen LogP contribution is -2.13. The van der Waals surface area contributed by atoms with Gasteiger partial charge in [0.15, 0.2) is 0 Å². The zero-order valence-electron chi connectivity index (χ0n) is 11.9. The molecule has 100 valence electrons. The Kier molecular flexibility index (Phi) is 4.15. The van der Waals surface area contributed by atoms with Gasteiger partial charge in [0.2, 0.25) is 0 Å². The maximum absolute atomic E-state index is 4.25. The zero-order valence-corrected chi connectivity index (χ0v) is 11.9. The molecule has 0 bridgehead atoms. The lowest BCUT2D eigenvalue weighted by molar-refractivity contribution is 0.389. The van der Waals surface area contributed by atoms with E-state index in [1.54, 1.807) is 0 Å². The van der Waals surface area contributed by atoms with Gasteiger partial charge in [-0.1, -0.05) is 51.1 Å². The van der Waals surface area contributed by atoms with E-state index in [9.17, 15) is 0 Å². The van der Waals surface area contributed by atoms with Crippen molar-refractivity contribution in [2.24, 2.45) is 5.41 Å². The molecule has 0 aliphatic heterocycles. The molecule has 0 atom stereocenters. The predicted octanol–water partition coefficient (Wildman–Crippen LogP) is 3.99. The van der Waals surface area contributed by atoms with E-state index in [0.717, 1.165) is 30.0 Å². The van der Waals surface area contributed by atoms with Crippen molar-refractivity contribution >= 4 is 5.82 Å². The smallest absolute Gasteiger partial charge is 0.148 e.